The summed E-state index contributed by atoms with van der Waals surface area (Å²) in [6.07, 6.45) is 5.03. The third-order valence-corrected chi connectivity index (χ3v) is 11.1. The Morgan fingerprint density at radius 1 is 1.06 bits per heavy atom. The fourth-order valence-corrected chi connectivity index (χ4v) is 8.17. The number of nitrogens with one attached hydrogen (secondary N) is 2. The molecule has 1 aliphatic heterocycles. The molecule has 2 amide bonds. The molecule has 4 aromatic rings. The smallest absolute Gasteiger partial charge is 0.412 e. The Balaban J connectivity index is 1.24. The molecule has 0 saturated carbocycles. The first-order valence-corrected chi connectivity index (χ1v) is 19.0. The predicted octanol–water partition coefficient (Wildman–Crippen LogP) is 5.19. The maximum atomic E-state index is 13.7. The molecule has 1 fully saturated rings. The SMILES string of the molecule is COc1c(NC(=O)N[C@H]2CC[C@@H](Oc3ccc4nnc([C@@H]5CCCN5C)n4c3)c3ccccc32)cc(C(C)(C)C)cc1N(CCO)S(=O)(=O)OC(C)=O. The number of pyridine rings is 1. The molecule has 2 aromatic heterocycles. The van der Waals surface area contributed by atoms with Crippen LogP contribution in [0.3, 0.4) is 0 Å². The molecule has 2 aromatic carbocycles. The predicted molar refractivity (Wildman–Crippen MR) is 198 cm³/mol. The van der Waals surface area contributed by atoms with E-state index in [4.69, 9.17) is 9.47 Å². The molecular formula is C37H47N7O8S. The van der Waals surface area contributed by atoms with Crippen molar-refractivity contribution in [3.63, 3.8) is 0 Å². The van der Waals surface area contributed by atoms with E-state index in [0.29, 0.717) is 24.2 Å². The van der Waals surface area contributed by atoms with Crippen LogP contribution in [0.2, 0.25) is 0 Å². The molecule has 53 heavy (non-hydrogen) atoms. The molecule has 284 valence electrons. The number of aliphatic hydroxyl groups excluding tert-OH is 1. The molecule has 0 unspecified atom stereocenters. The Hall–Kier alpha value is -4.93. The average molecular weight is 750 g/mol. The lowest BCUT2D eigenvalue weighted by Crippen LogP contribution is -2.37. The van der Waals surface area contributed by atoms with Crippen LogP contribution in [0.4, 0.5) is 16.2 Å². The van der Waals surface area contributed by atoms with Gasteiger partial charge in [0.2, 0.25) is 0 Å². The van der Waals surface area contributed by atoms with Crippen molar-refractivity contribution in [2.75, 3.05) is 43.5 Å². The van der Waals surface area contributed by atoms with Crippen LogP contribution in [-0.2, 0) is 24.7 Å². The van der Waals surface area contributed by atoms with Crippen LogP contribution in [0, 0.1) is 0 Å². The van der Waals surface area contributed by atoms with Crippen molar-refractivity contribution in [1.82, 2.24) is 24.8 Å². The Bertz CT molecular complexity index is 2100. The number of aromatic nitrogens is 3. The summed E-state index contributed by atoms with van der Waals surface area (Å²) in [4.78, 5) is 27.7. The highest BCUT2D eigenvalue weighted by Gasteiger charge is 2.34. The number of benzene rings is 2. The van der Waals surface area contributed by atoms with Gasteiger partial charge in [-0.2, -0.15) is 8.42 Å². The minimum atomic E-state index is -4.68. The summed E-state index contributed by atoms with van der Waals surface area (Å²) in [5.41, 5.74) is 2.94. The number of rotatable bonds is 11. The fraction of sp³-hybridized carbons (Fsp3) is 0.459. The van der Waals surface area contributed by atoms with E-state index in [1.54, 1.807) is 12.1 Å². The molecule has 3 heterocycles. The van der Waals surface area contributed by atoms with Gasteiger partial charge in [0.25, 0.3) is 0 Å². The number of aliphatic hydroxyl groups is 1. The summed E-state index contributed by atoms with van der Waals surface area (Å²) in [5, 5.41) is 24.6. The van der Waals surface area contributed by atoms with E-state index >= 15 is 0 Å². The first-order chi connectivity index (χ1) is 25.2. The second-order valence-corrected chi connectivity index (χ2v) is 15.9. The van der Waals surface area contributed by atoms with Crippen molar-refractivity contribution in [3.05, 3.63) is 77.2 Å². The highest BCUT2D eigenvalue weighted by molar-refractivity contribution is 7.88. The lowest BCUT2D eigenvalue weighted by molar-refractivity contribution is -0.131. The molecular weight excluding hydrogens is 703 g/mol. The zero-order valence-electron chi connectivity index (χ0n) is 30.8. The fourth-order valence-electron chi connectivity index (χ4n) is 7.10. The van der Waals surface area contributed by atoms with Crippen molar-refractivity contribution < 1.29 is 36.8 Å². The van der Waals surface area contributed by atoms with Crippen molar-refractivity contribution in [2.24, 2.45) is 0 Å². The third kappa shape index (κ3) is 8.04. The zero-order chi connectivity index (χ0) is 38.1. The molecule has 15 nitrogen and oxygen atoms in total. The zero-order valence-corrected chi connectivity index (χ0v) is 31.6. The number of hydrogen-bond acceptors (Lipinski definition) is 11. The van der Waals surface area contributed by atoms with Gasteiger partial charge in [-0.3, -0.25) is 14.1 Å². The number of ether oxygens (including phenoxy) is 2. The number of anilines is 2. The van der Waals surface area contributed by atoms with Gasteiger partial charge in [-0.15, -0.1) is 10.2 Å². The monoisotopic (exact) mass is 749 g/mol. The largest absolute Gasteiger partial charge is 0.492 e. The van der Waals surface area contributed by atoms with E-state index in [0.717, 1.165) is 53.2 Å². The number of likely N-dealkylation sites (tertiary alicyclic amines) is 1. The van der Waals surface area contributed by atoms with Gasteiger partial charge >= 0.3 is 22.3 Å². The van der Waals surface area contributed by atoms with Gasteiger partial charge in [-0.25, -0.2) is 9.10 Å². The summed E-state index contributed by atoms with van der Waals surface area (Å²) >= 11 is 0. The minimum absolute atomic E-state index is 0.00244. The Kier molecular flexibility index (Phi) is 10.8. The van der Waals surface area contributed by atoms with E-state index in [9.17, 15) is 23.1 Å². The Morgan fingerprint density at radius 2 is 1.81 bits per heavy atom. The van der Waals surface area contributed by atoms with Crippen LogP contribution in [0.15, 0.2) is 54.7 Å². The third-order valence-electron chi connectivity index (χ3n) is 9.69. The van der Waals surface area contributed by atoms with Crippen LogP contribution in [-0.4, -0.2) is 78.9 Å². The molecule has 0 radical (unpaired) electrons. The van der Waals surface area contributed by atoms with Gasteiger partial charge in [-0.05, 0) is 85.6 Å². The Labute approximate surface area is 309 Å². The quantitative estimate of drug-likeness (QED) is 0.184. The summed E-state index contributed by atoms with van der Waals surface area (Å²) in [6.45, 7) is 6.75. The number of fused-ring (bicyclic) bond motifs is 2. The molecule has 0 bridgehead atoms. The lowest BCUT2D eigenvalue weighted by atomic mass is 9.85. The van der Waals surface area contributed by atoms with E-state index in [1.165, 1.54) is 7.11 Å². The highest BCUT2D eigenvalue weighted by atomic mass is 32.2. The van der Waals surface area contributed by atoms with Gasteiger partial charge in [0.15, 0.2) is 17.2 Å². The number of methoxy groups -OCH3 is 1. The van der Waals surface area contributed by atoms with E-state index in [-0.39, 0.29) is 35.3 Å². The highest BCUT2D eigenvalue weighted by Crippen LogP contribution is 2.43. The van der Waals surface area contributed by atoms with E-state index < -0.39 is 40.9 Å². The summed E-state index contributed by atoms with van der Waals surface area (Å²) < 4.78 is 45.9. The average Bonchev–Trinajstić information content (AvgIpc) is 3.72. The number of hydrogen-bond donors (Lipinski definition) is 3. The molecule has 1 aliphatic carbocycles. The Morgan fingerprint density at radius 3 is 2.47 bits per heavy atom. The van der Waals surface area contributed by atoms with Gasteiger partial charge in [-0.1, -0.05) is 45.0 Å². The molecule has 1 saturated heterocycles. The van der Waals surface area contributed by atoms with Crippen molar-refractivity contribution in [3.8, 4) is 11.5 Å². The molecule has 3 atom stereocenters. The molecule has 3 N–H and O–H groups in total. The minimum Gasteiger partial charge on any atom is -0.492 e. The van der Waals surface area contributed by atoms with Crippen molar-refractivity contribution in [1.29, 1.82) is 0 Å². The molecule has 16 heteroatoms. The van der Waals surface area contributed by atoms with Gasteiger partial charge < -0.3 is 29.4 Å². The molecule has 0 spiro atoms. The summed E-state index contributed by atoms with van der Waals surface area (Å²) in [6, 6.07) is 14.2. The van der Waals surface area contributed by atoms with Gasteiger partial charge in [0.1, 0.15) is 11.9 Å². The molecule has 2 aliphatic rings. The van der Waals surface area contributed by atoms with Crippen molar-refractivity contribution >= 4 is 39.3 Å². The van der Waals surface area contributed by atoms with Crippen LogP contribution < -0.4 is 24.4 Å². The van der Waals surface area contributed by atoms with Crippen molar-refractivity contribution in [2.45, 2.75) is 77.0 Å². The maximum Gasteiger partial charge on any atom is 0.412 e. The molecule has 6 rings (SSSR count). The standard InChI is InChI=1S/C37H47N7O8S/c1-23(46)52-53(48,49)44(18-19-45)31-21-24(37(2,3)4)20-29(34(31)50-6)39-36(47)38-28-14-15-32(27-11-8-7-10-26(27)28)51-25-13-16-33-40-41-35(43(33)22-25)30-12-9-17-42(30)5/h7-8,10-11,13,16,20-22,28,30,32,45H,9,12,14-15,17-19H2,1-6H3,(H2,38,39,47)/t28-,30-,32+/m0/s1. The number of urea groups is 1. The number of amides is 2. The van der Waals surface area contributed by atoms with Gasteiger partial charge in [0.05, 0.1) is 49.9 Å². The first kappa shape index (κ1) is 37.8. The second kappa shape index (κ2) is 15.2. The van der Waals surface area contributed by atoms with Crippen LogP contribution in [0.1, 0.15) is 94.1 Å². The normalized spacial score (nSPS) is 19.0. The van der Waals surface area contributed by atoms with Crippen LogP contribution in [0.25, 0.3) is 5.65 Å². The van der Waals surface area contributed by atoms with Crippen LogP contribution >= 0.6 is 0 Å². The van der Waals surface area contributed by atoms with E-state index in [1.807, 2.05) is 67.8 Å². The number of nitrogens with zero attached hydrogens (tertiary/aromatic N) is 5. The number of carbonyl (C=O) groups excluding carboxylic acids is 2. The maximum absolute atomic E-state index is 13.7. The van der Waals surface area contributed by atoms with E-state index in [2.05, 4.69) is 37.0 Å². The van der Waals surface area contributed by atoms with Crippen LogP contribution in [0.5, 0.6) is 11.5 Å². The topological polar surface area (TPSA) is 177 Å². The van der Waals surface area contributed by atoms with Gasteiger partial charge in [0, 0.05) is 6.92 Å². The number of carbonyl (C=O) groups is 2. The summed E-state index contributed by atoms with van der Waals surface area (Å²) in [7, 11) is -1.24. The first-order valence-electron chi connectivity index (χ1n) is 17.6. The second-order valence-electron chi connectivity index (χ2n) is 14.4. The lowest BCUT2D eigenvalue weighted by Gasteiger charge is -2.32. The summed E-state index contributed by atoms with van der Waals surface area (Å²) in [5.74, 6) is 0.544.